The van der Waals surface area contributed by atoms with E-state index in [4.69, 9.17) is 4.74 Å². The van der Waals surface area contributed by atoms with E-state index in [1.807, 2.05) is 6.07 Å². The number of alkyl halides is 3. The van der Waals surface area contributed by atoms with E-state index >= 15 is 0 Å². The van der Waals surface area contributed by atoms with Gasteiger partial charge < -0.3 is 10.1 Å². The Morgan fingerprint density at radius 3 is 2.56 bits per heavy atom. The van der Waals surface area contributed by atoms with Gasteiger partial charge in [-0.15, -0.1) is 0 Å². The zero-order chi connectivity index (χ0) is 13.8. The van der Waals surface area contributed by atoms with Gasteiger partial charge in [-0.3, -0.25) is 0 Å². The maximum absolute atomic E-state index is 12.5. The fraction of sp³-hybridized carbons (Fsp3) is 0.500. The van der Waals surface area contributed by atoms with E-state index in [2.05, 4.69) is 21.2 Å². The number of nitrogens with one attached hydrogen (secondary N) is 1. The highest BCUT2D eigenvalue weighted by atomic mass is 79.9. The Bertz CT molecular complexity index is 384. The van der Waals surface area contributed by atoms with E-state index < -0.39 is 18.4 Å². The smallest absolute Gasteiger partial charge is 0.360 e. The van der Waals surface area contributed by atoms with Crippen molar-refractivity contribution in [1.29, 1.82) is 0 Å². The predicted molar refractivity (Wildman–Crippen MR) is 67.4 cm³/mol. The molecule has 0 bridgehead atoms. The Balaban J connectivity index is 2.83. The van der Waals surface area contributed by atoms with Gasteiger partial charge in [0, 0.05) is 11.0 Å². The van der Waals surface area contributed by atoms with Crippen molar-refractivity contribution in [3.63, 3.8) is 0 Å². The van der Waals surface area contributed by atoms with Crippen LogP contribution in [0.2, 0.25) is 0 Å². The summed E-state index contributed by atoms with van der Waals surface area (Å²) in [7, 11) is 1.67. The number of benzene rings is 1. The van der Waals surface area contributed by atoms with Gasteiger partial charge >= 0.3 is 6.18 Å². The third-order valence-corrected chi connectivity index (χ3v) is 2.93. The topological polar surface area (TPSA) is 21.3 Å². The summed E-state index contributed by atoms with van der Waals surface area (Å²) in [4.78, 5) is 0. The quantitative estimate of drug-likeness (QED) is 0.891. The fourth-order valence-corrected chi connectivity index (χ4v) is 1.88. The monoisotopic (exact) mass is 325 g/mol. The molecule has 0 aliphatic rings. The van der Waals surface area contributed by atoms with Crippen LogP contribution in [0.1, 0.15) is 18.6 Å². The van der Waals surface area contributed by atoms with Crippen LogP contribution >= 0.6 is 15.9 Å². The molecule has 1 aromatic rings. The van der Waals surface area contributed by atoms with Crippen LogP contribution < -0.4 is 5.32 Å². The molecule has 2 nitrogen and oxygen atoms in total. The minimum atomic E-state index is -4.35. The molecule has 0 aliphatic heterocycles. The summed E-state index contributed by atoms with van der Waals surface area (Å²) in [5, 5.41) is 2.83. The molecule has 2 unspecified atom stereocenters. The zero-order valence-corrected chi connectivity index (χ0v) is 11.7. The molecule has 102 valence electrons. The molecule has 0 saturated carbocycles. The number of ether oxygens (including phenoxy) is 1. The Labute approximate surface area is 113 Å². The summed E-state index contributed by atoms with van der Waals surface area (Å²) in [5.74, 6) is 0. The highest BCUT2D eigenvalue weighted by Gasteiger charge is 2.38. The molecule has 0 spiro atoms. The zero-order valence-electron chi connectivity index (χ0n) is 10.1. The number of halogens is 4. The SMILES string of the molecule is CNCC(OC(C)C(F)(F)F)c1cccc(Br)c1. The first kappa shape index (κ1) is 15.5. The van der Waals surface area contributed by atoms with E-state index in [0.717, 1.165) is 11.4 Å². The van der Waals surface area contributed by atoms with Gasteiger partial charge in [-0.2, -0.15) is 13.2 Å². The predicted octanol–water partition coefficient (Wildman–Crippen LogP) is 3.68. The standard InChI is InChI=1S/C12H15BrF3NO/c1-8(12(14,15)16)18-11(7-17-2)9-4-3-5-10(13)6-9/h3-6,8,11,17H,7H2,1-2H3. The molecular formula is C12H15BrF3NO. The minimum Gasteiger partial charge on any atom is -0.360 e. The second kappa shape index (κ2) is 6.54. The summed E-state index contributed by atoms with van der Waals surface area (Å²) in [6, 6.07) is 7.08. The first-order valence-corrected chi connectivity index (χ1v) is 6.26. The number of rotatable bonds is 5. The second-order valence-corrected chi connectivity index (χ2v) is 4.84. The molecule has 0 heterocycles. The molecule has 0 fully saturated rings. The lowest BCUT2D eigenvalue weighted by atomic mass is 10.1. The molecule has 0 aromatic heterocycles. The van der Waals surface area contributed by atoms with Gasteiger partial charge in [-0.25, -0.2) is 0 Å². The number of hydrogen-bond acceptors (Lipinski definition) is 2. The summed E-state index contributed by atoms with van der Waals surface area (Å²) in [5.41, 5.74) is 0.704. The Morgan fingerprint density at radius 1 is 1.39 bits per heavy atom. The molecule has 1 N–H and O–H groups in total. The molecule has 0 radical (unpaired) electrons. The van der Waals surface area contributed by atoms with Gasteiger partial charge in [0.25, 0.3) is 0 Å². The number of likely N-dealkylation sites (N-methyl/N-ethyl adjacent to an activating group) is 1. The van der Waals surface area contributed by atoms with E-state index in [9.17, 15) is 13.2 Å². The molecule has 0 amide bonds. The van der Waals surface area contributed by atoms with Crippen molar-refractivity contribution < 1.29 is 17.9 Å². The first-order valence-electron chi connectivity index (χ1n) is 5.47. The molecule has 0 aliphatic carbocycles. The van der Waals surface area contributed by atoms with Crippen molar-refractivity contribution in [1.82, 2.24) is 5.32 Å². The molecule has 1 rings (SSSR count). The molecular weight excluding hydrogens is 311 g/mol. The van der Waals surface area contributed by atoms with Gasteiger partial charge in [0.1, 0.15) is 0 Å². The summed E-state index contributed by atoms with van der Waals surface area (Å²) >= 11 is 3.29. The maximum Gasteiger partial charge on any atom is 0.414 e. The van der Waals surface area contributed by atoms with Crippen LogP contribution in [0.3, 0.4) is 0 Å². The van der Waals surface area contributed by atoms with Crippen molar-refractivity contribution in [2.45, 2.75) is 25.3 Å². The Morgan fingerprint density at radius 2 is 2.06 bits per heavy atom. The molecule has 1 aromatic carbocycles. The normalized spacial score (nSPS) is 15.4. The van der Waals surface area contributed by atoms with Crippen molar-refractivity contribution in [2.75, 3.05) is 13.6 Å². The molecule has 0 saturated heterocycles. The van der Waals surface area contributed by atoms with E-state index in [0.29, 0.717) is 12.1 Å². The molecule has 18 heavy (non-hydrogen) atoms. The third kappa shape index (κ3) is 4.59. The summed E-state index contributed by atoms with van der Waals surface area (Å²) in [6.45, 7) is 1.33. The molecule has 6 heteroatoms. The fourth-order valence-electron chi connectivity index (χ4n) is 1.46. The molecule has 2 atom stereocenters. The number of hydrogen-bond donors (Lipinski definition) is 1. The van der Waals surface area contributed by atoms with Crippen LogP contribution in [-0.2, 0) is 4.74 Å². The van der Waals surface area contributed by atoms with Crippen LogP contribution in [0.5, 0.6) is 0 Å². The minimum absolute atomic E-state index is 0.316. The summed E-state index contributed by atoms with van der Waals surface area (Å²) in [6.07, 6.45) is -6.78. The lowest BCUT2D eigenvalue weighted by molar-refractivity contribution is -0.227. The third-order valence-electron chi connectivity index (χ3n) is 2.44. The van der Waals surface area contributed by atoms with Gasteiger partial charge in [-0.05, 0) is 31.7 Å². The van der Waals surface area contributed by atoms with Crippen molar-refractivity contribution in [3.05, 3.63) is 34.3 Å². The lowest BCUT2D eigenvalue weighted by Gasteiger charge is -2.24. The van der Waals surface area contributed by atoms with Gasteiger partial charge in [-0.1, -0.05) is 28.1 Å². The van der Waals surface area contributed by atoms with E-state index in [1.165, 1.54) is 0 Å². The average Bonchev–Trinajstić information content (AvgIpc) is 2.27. The van der Waals surface area contributed by atoms with Gasteiger partial charge in [0.15, 0.2) is 6.10 Å². The van der Waals surface area contributed by atoms with Crippen LogP contribution in [0.15, 0.2) is 28.7 Å². The lowest BCUT2D eigenvalue weighted by Crippen LogP contribution is -2.32. The Kier molecular flexibility index (Phi) is 5.62. The highest BCUT2D eigenvalue weighted by molar-refractivity contribution is 9.10. The van der Waals surface area contributed by atoms with Crippen LogP contribution in [0.25, 0.3) is 0 Å². The summed E-state index contributed by atoms with van der Waals surface area (Å²) < 4.78 is 43.4. The highest BCUT2D eigenvalue weighted by Crippen LogP contribution is 2.28. The van der Waals surface area contributed by atoms with Crippen molar-refractivity contribution >= 4 is 15.9 Å². The second-order valence-electron chi connectivity index (χ2n) is 3.92. The van der Waals surface area contributed by atoms with Gasteiger partial charge in [0.05, 0.1) is 6.10 Å². The van der Waals surface area contributed by atoms with Crippen molar-refractivity contribution in [2.24, 2.45) is 0 Å². The largest absolute Gasteiger partial charge is 0.414 e. The van der Waals surface area contributed by atoms with E-state index in [-0.39, 0.29) is 0 Å². The maximum atomic E-state index is 12.5. The van der Waals surface area contributed by atoms with E-state index in [1.54, 1.807) is 25.2 Å². The van der Waals surface area contributed by atoms with Crippen LogP contribution in [0.4, 0.5) is 13.2 Å². The Hall–Kier alpha value is -0.590. The first-order chi connectivity index (χ1) is 8.34. The van der Waals surface area contributed by atoms with Gasteiger partial charge in [0.2, 0.25) is 0 Å². The van der Waals surface area contributed by atoms with Crippen molar-refractivity contribution in [3.8, 4) is 0 Å². The average molecular weight is 326 g/mol. The van der Waals surface area contributed by atoms with Crippen LogP contribution in [-0.4, -0.2) is 25.9 Å². The van der Waals surface area contributed by atoms with Crippen LogP contribution in [0, 0.1) is 0 Å².